The van der Waals surface area contributed by atoms with E-state index in [0.29, 0.717) is 18.7 Å². The number of para-hydroxylation sites is 1. The number of carbonyl (C=O) groups excluding carboxylic acids is 2. The van der Waals surface area contributed by atoms with Crippen LogP contribution in [-0.4, -0.2) is 18.9 Å². The quantitative estimate of drug-likeness (QED) is 0.700. The molecule has 0 spiro atoms. The van der Waals surface area contributed by atoms with Gasteiger partial charge in [-0.1, -0.05) is 48.5 Å². The molecule has 5 heteroatoms. The molecule has 2 heterocycles. The zero-order valence-electron chi connectivity index (χ0n) is 16.6. The fourth-order valence-corrected chi connectivity index (χ4v) is 4.17. The van der Waals surface area contributed by atoms with Gasteiger partial charge in [0, 0.05) is 19.2 Å². The van der Waals surface area contributed by atoms with E-state index in [-0.39, 0.29) is 18.2 Å². The Bertz CT molecular complexity index is 1040. The van der Waals surface area contributed by atoms with Crippen molar-refractivity contribution in [2.24, 2.45) is 0 Å². The van der Waals surface area contributed by atoms with Gasteiger partial charge in [-0.15, -0.1) is 0 Å². The minimum absolute atomic E-state index is 0.0495. The van der Waals surface area contributed by atoms with Gasteiger partial charge in [-0.2, -0.15) is 0 Å². The highest BCUT2D eigenvalue weighted by molar-refractivity contribution is 6.09. The number of amides is 2. The number of hydrogen-bond acceptors (Lipinski definition) is 3. The average Bonchev–Trinajstić information content (AvgIpc) is 3.23. The maximum atomic E-state index is 13.4. The highest BCUT2D eigenvalue weighted by Crippen LogP contribution is 2.45. The molecule has 0 bridgehead atoms. The van der Waals surface area contributed by atoms with Crippen LogP contribution in [0.4, 0.5) is 5.69 Å². The first-order chi connectivity index (χ1) is 14.0. The van der Waals surface area contributed by atoms with Gasteiger partial charge in [0.2, 0.25) is 11.8 Å². The lowest BCUT2D eigenvalue weighted by molar-refractivity contribution is -0.129. The van der Waals surface area contributed by atoms with Gasteiger partial charge in [-0.25, -0.2) is 0 Å². The number of nitrogens with zero attached hydrogens (tertiary/aromatic N) is 1. The van der Waals surface area contributed by atoms with Gasteiger partial charge in [0.05, 0.1) is 12.0 Å². The van der Waals surface area contributed by atoms with Crippen LogP contribution < -0.4 is 10.2 Å². The molecule has 4 rings (SSSR count). The molecule has 3 aromatic rings. The monoisotopic (exact) mass is 388 g/mol. The van der Waals surface area contributed by atoms with Crippen LogP contribution in [0.5, 0.6) is 0 Å². The lowest BCUT2D eigenvalue weighted by atomic mass is 9.73. The van der Waals surface area contributed by atoms with Crippen LogP contribution in [0, 0.1) is 6.92 Å². The van der Waals surface area contributed by atoms with Gasteiger partial charge >= 0.3 is 0 Å². The van der Waals surface area contributed by atoms with E-state index in [2.05, 4.69) is 5.32 Å². The third kappa shape index (κ3) is 3.56. The molecule has 0 saturated heterocycles. The van der Waals surface area contributed by atoms with Crippen LogP contribution in [0.15, 0.2) is 71.1 Å². The van der Waals surface area contributed by atoms with E-state index in [0.717, 1.165) is 22.6 Å². The van der Waals surface area contributed by atoms with Crippen LogP contribution in [0.3, 0.4) is 0 Å². The van der Waals surface area contributed by atoms with Gasteiger partial charge in [0.25, 0.3) is 0 Å². The molecule has 1 N–H and O–H groups in total. The third-order valence-electron chi connectivity index (χ3n) is 5.56. The fourth-order valence-electron chi connectivity index (χ4n) is 4.17. The third-order valence-corrected chi connectivity index (χ3v) is 5.56. The maximum absolute atomic E-state index is 13.4. The predicted octanol–water partition coefficient (Wildman–Crippen LogP) is 3.75. The molecule has 5 nitrogen and oxygen atoms in total. The Morgan fingerprint density at radius 1 is 1.03 bits per heavy atom. The van der Waals surface area contributed by atoms with Crippen molar-refractivity contribution in [3.63, 3.8) is 0 Å². The van der Waals surface area contributed by atoms with Crippen molar-refractivity contribution in [1.82, 2.24) is 5.32 Å². The van der Waals surface area contributed by atoms with Crippen LogP contribution in [0.2, 0.25) is 0 Å². The minimum atomic E-state index is -0.921. The van der Waals surface area contributed by atoms with Gasteiger partial charge in [-0.3, -0.25) is 9.59 Å². The summed E-state index contributed by atoms with van der Waals surface area (Å²) in [6, 6.07) is 21.3. The first-order valence-corrected chi connectivity index (χ1v) is 9.73. The highest BCUT2D eigenvalue weighted by Gasteiger charge is 2.50. The minimum Gasteiger partial charge on any atom is -0.465 e. The van der Waals surface area contributed by atoms with Crippen LogP contribution >= 0.6 is 0 Å². The molecule has 0 fully saturated rings. The number of furan rings is 1. The second-order valence-corrected chi connectivity index (χ2v) is 7.59. The number of likely N-dealkylation sites (N-methyl/N-ethyl adjacent to an activating group) is 1. The Morgan fingerprint density at radius 2 is 1.76 bits per heavy atom. The van der Waals surface area contributed by atoms with E-state index in [1.807, 2.05) is 73.7 Å². The molecule has 1 aliphatic rings. The standard InChI is InChI=1S/C24H24N2O3/c1-17-12-13-19(29-17)16-25-22(27)15-24(14-18-8-4-3-5-9-18)20-10-6-7-11-21(20)26(2)23(24)28/h3-13H,14-16H2,1-2H3,(H,25,27)/t24-/m0/s1. The second kappa shape index (κ2) is 7.59. The van der Waals surface area contributed by atoms with E-state index in [1.54, 1.807) is 11.9 Å². The van der Waals surface area contributed by atoms with E-state index in [9.17, 15) is 9.59 Å². The predicted molar refractivity (Wildman–Crippen MR) is 112 cm³/mol. The molecule has 148 valence electrons. The summed E-state index contributed by atoms with van der Waals surface area (Å²) in [6.07, 6.45) is 0.559. The molecule has 0 aliphatic carbocycles. The molecule has 0 radical (unpaired) electrons. The van der Waals surface area contributed by atoms with Gasteiger partial charge in [0.15, 0.2) is 0 Å². The summed E-state index contributed by atoms with van der Waals surface area (Å²) in [5.74, 6) is 1.28. The van der Waals surface area contributed by atoms with Gasteiger partial charge in [0.1, 0.15) is 11.5 Å². The van der Waals surface area contributed by atoms with E-state index in [4.69, 9.17) is 4.42 Å². The number of fused-ring (bicyclic) bond motifs is 1. The average molecular weight is 388 g/mol. The van der Waals surface area contributed by atoms with Gasteiger partial charge < -0.3 is 14.6 Å². The first-order valence-electron chi connectivity index (χ1n) is 9.73. The molecular formula is C24H24N2O3. The van der Waals surface area contributed by atoms with Crippen molar-refractivity contribution < 1.29 is 14.0 Å². The fraction of sp³-hybridized carbons (Fsp3) is 0.250. The number of rotatable bonds is 6. The lowest BCUT2D eigenvalue weighted by Crippen LogP contribution is -2.44. The Balaban J connectivity index is 1.64. The van der Waals surface area contributed by atoms with Crippen molar-refractivity contribution >= 4 is 17.5 Å². The topological polar surface area (TPSA) is 62.6 Å². The van der Waals surface area contributed by atoms with Crippen molar-refractivity contribution in [3.8, 4) is 0 Å². The first kappa shape index (κ1) is 19.0. The Labute approximate surface area is 170 Å². The maximum Gasteiger partial charge on any atom is 0.238 e. The van der Waals surface area contributed by atoms with Crippen molar-refractivity contribution in [2.75, 3.05) is 11.9 Å². The summed E-state index contributed by atoms with van der Waals surface area (Å²) in [5, 5.41) is 2.91. The molecule has 2 aromatic carbocycles. The molecule has 1 aliphatic heterocycles. The Morgan fingerprint density at radius 3 is 2.48 bits per heavy atom. The summed E-state index contributed by atoms with van der Waals surface area (Å²) < 4.78 is 5.53. The Kier molecular flexibility index (Phi) is 4.97. The number of benzene rings is 2. The molecule has 0 unspecified atom stereocenters. The van der Waals surface area contributed by atoms with Crippen molar-refractivity contribution in [3.05, 3.63) is 89.4 Å². The SMILES string of the molecule is Cc1ccc(CNC(=O)C[C@]2(Cc3ccccc3)C(=O)N(C)c3ccccc32)o1. The number of aryl methyl sites for hydroxylation is 1. The van der Waals surface area contributed by atoms with E-state index >= 15 is 0 Å². The molecule has 1 atom stereocenters. The largest absolute Gasteiger partial charge is 0.465 e. The zero-order valence-corrected chi connectivity index (χ0v) is 16.6. The molecule has 0 saturated carbocycles. The molecule has 29 heavy (non-hydrogen) atoms. The summed E-state index contributed by atoms with van der Waals surface area (Å²) in [6.45, 7) is 2.17. The zero-order chi connectivity index (χ0) is 20.4. The molecular weight excluding hydrogens is 364 g/mol. The number of hydrogen-bond donors (Lipinski definition) is 1. The van der Waals surface area contributed by atoms with Gasteiger partial charge in [-0.05, 0) is 42.7 Å². The summed E-state index contributed by atoms with van der Waals surface area (Å²) in [7, 11) is 1.78. The van der Waals surface area contributed by atoms with Crippen molar-refractivity contribution in [1.29, 1.82) is 0 Å². The van der Waals surface area contributed by atoms with E-state index < -0.39 is 5.41 Å². The lowest BCUT2D eigenvalue weighted by Gasteiger charge is -2.28. The number of nitrogens with one attached hydrogen (secondary N) is 1. The van der Waals surface area contributed by atoms with E-state index in [1.165, 1.54) is 0 Å². The summed E-state index contributed by atoms with van der Waals surface area (Å²) >= 11 is 0. The van der Waals surface area contributed by atoms with Crippen molar-refractivity contribution in [2.45, 2.75) is 31.7 Å². The van der Waals surface area contributed by atoms with Crippen LogP contribution in [0.1, 0.15) is 29.1 Å². The summed E-state index contributed by atoms with van der Waals surface area (Å²) in [5.41, 5.74) is 1.87. The molecule has 1 aromatic heterocycles. The highest BCUT2D eigenvalue weighted by atomic mass is 16.3. The summed E-state index contributed by atoms with van der Waals surface area (Å²) in [4.78, 5) is 28.0. The normalized spacial score (nSPS) is 18.0. The molecule has 2 amide bonds. The smallest absolute Gasteiger partial charge is 0.238 e. The Hall–Kier alpha value is -3.34. The van der Waals surface area contributed by atoms with Crippen LogP contribution in [-0.2, 0) is 28.0 Å². The second-order valence-electron chi connectivity index (χ2n) is 7.59. The van der Waals surface area contributed by atoms with Crippen LogP contribution in [0.25, 0.3) is 0 Å². The number of carbonyl (C=O) groups is 2. The number of anilines is 1.